The van der Waals surface area contributed by atoms with Crippen molar-refractivity contribution in [3.63, 3.8) is 0 Å². The fourth-order valence-corrected chi connectivity index (χ4v) is 2.60. The Bertz CT molecular complexity index is 428. The standard InChI is InChI=1S/C14H19N3S/c1-2-8-15-13(14-16-9-4-10-17-14)7-6-12-5-3-11-18-12/h3-5,9-11,13,15H,2,6-8H2,1H3. The number of nitrogens with zero attached hydrogens (tertiary/aromatic N) is 2. The van der Waals surface area contributed by atoms with Crippen LogP contribution in [0.25, 0.3) is 0 Å². The quantitative estimate of drug-likeness (QED) is 0.831. The van der Waals surface area contributed by atoms with E-state index >= 15 is 0 Å². The van der Waals surface area contributed by atoms with E-state index in [9.17, 15) is 0 Å². The van der Waals surface area contributed by atoms with Crippen LogP contribution in [0.4, 0.5) is 0 Å². The van der Waals surface area contributed by atoms with Gasteiger partial charge in [-0.1, -0.05) is 13.0 Å². The minimum atomic E-state index is 0.258. The fraction of sp³-hybridized carbons (Fsp3) is 0.429. The SMILES string of the molecule is CCCNC(CCc1cccs1)c1ncccn1. The van der Waals surface area contributed by atoms with Crippen LogP contribution in [-0.2, 0) is 6.42 Å². The van der Waals surface area contributed by atoms with Crippen LogP contribution in [0.2, 0.25) is 0 Å². The number of hydrogen-bond donors (Lipinski definition) is 1. The van der Waals surface area contributed by atoms with Gasteiger partial charge >= 0.3 is 0 Å². The Morgan fingerprint density at radius 3 is 2.78 bits per heavy atom. The van der Waals surface area contributed by atoms with Crippen molar-refractivity contribution >= 4 is 11.3 Å². The molecular formula is C14H19N3S. The molecule has 1 N–H and O–H groups in total. The van der Waals surface area contributed by atoms with Crippen molar-refractivity contribution in [1.82, 2.24) is 15.3 Å². The molecule has 0 radical (unpaired) electrons. The lowest BCUT2D eigenvalue weighted by molar-refractivity contribution is 0.478. The average molecular weight is 261 g/mol. The van der Waals surface area contributed by atoms with Gasteiger partial charge < -0.3 is 5.32 Å². The Kier molecular flexibility index (Phi) is 5.30. The predicted molar refractivity (Wildman–Crippen MR) is 75.7 cm³/mol. The molecule has 3 nitrogen and oxygen atoms in total. The fourth-order valence-electron chi connectivity index (χ4n) is 1.87. The van der Waals surface area contributed by atoms with E-state index in [-0.39, 0.29) is 6.04 Å². The second kappa shape index (κ2) is 7.24. The summed E-state index contributed by atoms with van der Waals surface area (Å²) in [7, 11) is 0. The van der Waals surface area contributed by atoms with Gasteiger partial charge in [0.1, 0.15) is 5.82 Å². The lowest BCUT2D eigenvalue weighted by Gasteiger charge is -2.16. The molecule has 2 heterocycles. The third-order valence-electron chi connectivity index (χ3n) is 2.80. The third-order valence-corrected chi connectivity index (χ3v) is 3.73. The van der Waals surface area contributed by atoms with Crippen LogP contribution >= 0.6 is 11.3 Å². The second-order valence-corrected chi connectivity index (χ2v) is 5.26. The molecule has 0 amide bonds. The Morgan fingerprint density at radius 2 is 2.11 bits per heavy atom. The largest absolute Gasteiger partial charge is 0.307 e. The van der Waals surface area contributed by atoms with Gasteiger partial charge in [-0.25, -0.2) is 9.97 Å². The molecular weight excluding hydrogens is 242 g/mol. The van der Waals surface area contributed by atoms with Gasteiger partial charge in [-0.15, -0.1) is 11.3 Å². The Morgan fingerprint density at radius 1 is 1.28 bits per heavy atom. The second-order valence-electron chi connectivity index (χ2n) is 4.23. The topological polar surface area (TPSA) is 37.8 Å². The first-order chi connectivity index (χ1) is 8.90. The summed E-state index contributed by atoms with van der Waals surface area (Å²) in [6, 6.07) is 6.41. The molecule has 18 heavy (non-hydrogen) atoms. The van der Waals surface area contributed by atoms with Crippen molar-refractivity contribution in [2.75, 3.05) is 6.54 Å². The molecule has 2 rings (SSSR count). The lowest BCUT2D eigenvalue weighted by atomic mass is 10.1. The van der Waals surface area contributed by atoms with Crippen LogP contribution in [0.3, 0.4) is 0 Å². The number of hydrogen-bond acceptors (Lipinski definition) is 4. The highest BCUT2D eigenvalue weighted by atomic mass is 32.1. The first kappa shape index (κ1) is 13.2. The molecule has 4 heteroatoms. The summed E-state index contributed by atoms with van der Waals surface area (Å²) in [4.78, 5) is 10.1. The van der Waals surface area contributed by atoms with E-state index in [0.717, 1.165) is 31.6 Å². The lowest BCUT2D eigenvalue weighted by Crippen LogP contribution is -2.24. The minimum absolute atomic E-state index is 0.258. The predicted octanol–water partition coefficient (Wildman–Crippen LogP) is 3.21. The molecule has 96 valence electrons. The van der Waals surface area contributed by atoms with E-state index in [0.29, 0.717) is 0 Å². The normalized spacial score (nSPS) is 12.5. The third kappa shape index (κ3) is 3.89. The van der Waals surface area contributed by atoms with Crippen LogP contribution in [-0.4, -0.2) is 16.5 Å². The van der Waals surface area contributed by atoms with Crippen molar-refractivity contribution in [3.05, 3.63) is 46.7 Å². The summed E-state index contributed by atoms with van der Waals surface area (Å²) >= 11 is 1.82. The van der Waals surface area contributed by atoms with Gasteiger partial charge in [-0.2, -0.15) is 0 Å². The molecule has 0 saturated carbocycles. The highest BCUT2D eigenvalue weighted by Crippen LogP contribution is 2.18. The molecule has 0 aliphatic carbocycles. The van der Waals surface area contributed by atoms with Gasteiger partial charge in [0.25, 0.3) is 0 Å². The van der Waals surface area contributed by atoms with Crippen molar-refractivity contribution in [1.29, 1.82) is 0 Å². The number of nitrogens with one attached hydrogen (secondary N) is 1. The zero-order valence-electron chi connectivity index (χ0n) is 10.7. The van der Waals surface area contributed by atoms with Gasteiger partial charge in [0.2, 0.25) is 0 Å². The summed E-state index contributed by atoms with van der Waals surface area (Å²) in [5.74, 6) is 0.905. The summed E-state index contributed by atoms with van der Waals surface area (Å²) in [5.41, 5.74) is 0. The molecule has 0 saturated heterocycles. The molecule has 0 fully saturated rings. The van der Waals surface area contributed by atoms with Crippen LogP contribution in [0.15, 0.2) is 36.0 Å². The molecule has 0 aliphatic heterocycles. The highest BCUT2D eigenvalue weighted by molar-refractivity contribution is 7.09. The molecule has 0 aliphatic rings. The van der Waals surface area contributed by atoms with E-state index in [1.165, 1.54) is 4.88 Å². The molecule has 0 spiro atoms. The first-order valence-electron chi connectivity index (χ1n) is 6.43. The molecule has 2 aromatic rings. The highest BCUT2D eigenvalue weighted by Gasteiger charge is 2.13. The minimum Gasteiger partial charge on any atom is -0.307 e. The van der Waals surface area contributed by atoms with Crippen molar-refractivity contribution < 1.29 is 0 Å². The molecule has 0 aromatic carbocycles. The molecule has 1 unspecified atom stereocenters. The van der Waals surface area contributed by atoms with Crippen molar-refractivity contribution in [2.24, 2.45) is 0 Å². The van der Waals surface area contributed by atoms with Gasteiger partial charge in [0, 0.05) is 17.3 Å². The zero-order chi connectivity index (χ0) is 12.6. The smallest absolute Gasteiger partial charge is 0.145 e. The van der Waals surface area contributed by atoms with E-state index in [1.54, 1.807) is 0 Å². The molecule has 1 atom stereocenters. The molecule has 0 bridgehead atoms. The van der Waals surface area contributed by atoms with E-state index in [2.05, 4.69) is 39.7 Å². The van der Waals surface area contributed by atoms with E-state index in [4.69, 9.17) is 0 Å². The van der Waals surface area contributed by atoms with Crippen molar-refractivity contribution in [2.45, 2.75) is 32.2 Å². The maximum atomic E-state index is 4.36. The number of aryl methyl sites for hydroxylation is 1. The Hall–Kier alpha value is -1.26. The molecule has 2 aromatic heterocycles. The summed E-state index contributed by atoms with van der Waals surface area (Å²) in [6.45, 7) is 3.18. The van der Waals surface area contributed by atoms with Crippen LogP contribution in [0, 0.1) is 0 Å². The number of rotatable bonds is 7. The van der Waals surface area contributed by atoms with Crippen LogP contribution in [0.5, 0.6) is 0 Å². The Labute approximate surface area is 112 Å². The van der Waals surface area contributed by atoms with Gasteiger partial charge in [-0.05, 0) is 43.3 Å². The summed E-state index contributed by atoms with van der Waals surface area (Å²) < 4.78 is 0. The monoisotopic (exact) mass is 261 g/mol. The van der Waals surface area contributed by atoms with Crippen LogP contribution < -0.4 is 5.32 Å². The van der Waals surface area contributed by atoms with Crippen LogP contribution in [0.1, 0.15) is 36.5 Å². The van der Waals surface area contributed by atoms with Crippen molar-refractivity contribution in [3.8, 4) is 0 Å². The average Bonchev–Trinajstić information content (AvgIpc) is 2.93. The number of aromatic nitrogens is 2. The summed E-state index contributed by atoms with van der Waals surface area (Å²) in [5, 5.41) is 5.66. The van der Waals surface area contributed by atoms with Gasteiger partial charge in [-0.3, -0.25) is 0 Å². The number of thiophene rings is 1. The first-order valence-corrected chi connectivity index (χ1v) is 7.30. The van der Waals surface area contributed by atoms with E-state index in [1.807, 2.05) is 29.8 Å². The van der Waals surface area contributed by atoms with E-state index < -0.39 is 0 Å². The van der Waals surface area contributed by atoms with Gasteiger partial charge in [0.05, 0.1) is 6.04 Å². The maximum absolute atomic E-state index is 4.36. The maximum Gasteiger partial charge on any atom is 0.145 e. The zero-order valence-corrected chi connectivity index (χ0v) is 11.5. The Balaban J connectivity index is 1.96. The summed E-state index contributed by atoms with van der Waals surface area (Å²) in [6.07, 6.45) is 6.88. The van der Waals surface area contributed by atoms with Gasteiger partial charge in [0.15, 0.2) is 0 Å².